The lowest BCUT2D eigenvalue weighted by molar-refractivity contribution is 0.0634. The second-order valence-electron chi connectivity index (χ2n) is 5.94. The van der Waals surface area contributed by atoms with Crippen LogP contribution in [0.25, 0.3) is 0 Å². The van der Waals surface area contributed by atoms with Gasteiger partial charge in [-0.2, -0.15) is 0 Å². The molecule has 0 bridgehead atoms. The van der Waals surface area contributed by atoms with E-state index in [1.54, 1.807) is 6.07 Å². The molecule has 2 atom stereocenters. The molecule has 1 aromatic rings. The van der Waals surface area contributed by atoms with Gasteiger partial charge in [0.1, 0.15) is 5.82 Å². The average Bonchev–Trinajstić information content (AvgIpc) is 2.37. The first kappa shape index (κ1) is 15.7. The normalized spacial score (nSPS) is 24.3. The van der Waals surface area contributed by atoms with Gasteiger partial charge < -0.3 is 5.32 Å². The average molecular weight is 299 g/mol. The van der Waals surface area contributed by atoms with Gasteiger partial charge in [-0.15, -0.1) is 0 Å². The van der Waals surface area contributed by atoms with Gasteiger partial charge in [0.15, 0.2) is 0 Å². The molecule has 1 fully saturated rings. The molecule has 0 aliphatic carbocycles. The standard InChI is InChI=1S/C16H24ClFN2/c1-11(2)20-6-4-5-12(10-19-3)16(20)13-7-14(17)9-15(18)8-13/h7-9,11-12,16,19H,4-6,10H2,1-3H3. The highest BCUT2D eigenvalue weighted by atomic mass is 35.5. The van der Waals surface area contributed by atoms with Gasteiger partial charge in [0.25, 0.3) is 0 Å². The fourth-order valence-corrected chi connectivity index (χ4v) is 3.60. The molecule has 1 N–H and O–H groups in total. The van der Waals surface area contributed by atoms with E-state index in [2.05, 4.69) is 24.1 Å². The minimum atomic E-state index is -0.245. The number of rotatable bonds is 4. The number of nitrogens with one attached hydrogen (secondary N) is 1. The summed E-state index contributed by atoms with van der Waals surface area (Å²) in [5.41, 5.74) is 1.00. The summed E-state index contributed by atoms with van der Waals surface area (Å²) >= 11 is 6.05. The number of benzene rings is 1. The first-order valence-corrected chi connectivity index (χ1v) is 7.77. The number of hydrogen-bond acceptors (Lipinski definition) is 2. The molecule has 1 aliphatic heterocycles. The summed E-state index contributed by atoms with van der Waals surface area (Å²) < 4.78 is 13.7. The highest BCUT2D eigenvalue weighted by Gasteiger charge is 2.33. The molecular weight excluding hydrogens is 275 g/mol. The van der Waals surface area contributed by atoms with E-state index >= 15 is 0 Å². The highest BCUT2D eigenvalue weighted by molar-refractivity contribution is 6.30. The molecule has 1 saturated heterocycles. The predicted molar refractivity (Wildman–Crippen MR) is 82.6 cm³/mol. The maximum Gasteiger partial charge on any atom is 0.125 e. The number of halogens is 2. The molecule has 1 aliphatic rings. The molecule has 0 amide bonds. The lowest BCUT2D eigenvalue weighted by Crippen LogP contribution is -2.45. The summed E-state index contributed by atoms with van der Waals surface area (Å²) in [6, 6.07) is 5.62. The molecule has 2 rings (SSSR count). The first-order chi connectivity index (χ1) is 9.52. The molecule has 2 nitrogen and oxygen atoms in total. The second kappa shape index (κ2) is 6.88. The quantitative estimate of drug-likeness (QED) is 0.908. The van der Waals surface area contributed by atoms with Crippen molar-refractivity contribution in [1.82, 2.24) is 10.2 Å². The fraction of sp³-hybridized carbons (Fsp3) is 0.625. The molecule has 20 heavy (non-hydrogen) atoms. The summed E-state index contributed by atoms with van der Waals surface area (Å²) in [4.78, 5) is 2.47. The molecule has 0 radical (unpaired) electrons. The van der Waals surface area contributed by atoms with Crippen molar-refractivity contribution in [2.45, 2.75) is 38.8 Å². The van der Waals surface area contributed by atoms with Gasteiger partial charge in [-0.1, -0.05) is 11.6 Å². The third-order valence-corrected chi connectivity index (χ3v) is 4.37. The second-order valence-corrected chi connectivity index (χ2v) is 6.38. The van der Waals surface area contributed by atoms with Crippen LogP contribution in [0.2, 0.25) is 5.02 Å². The third-order valence-electron chi connectivity index (χ3n) is 4.15. The molecular formula is C16H24ClFN2. The Morgan fingerprint density at radius 3 is 2.75 bits per heavy atom. The van der Waals surface area contributed by atoms with E-state index in [9.17, 15) is 4.39 Å². The molecule has 0 saturated carbocycles. The zero-order chi connectivity index (χ0) is 14.7. The van der Waals surface area contributed by atoms with Gasteiger partial charge in [-0.3, -0.25) is 4.90 Å². The van der Waals surface area contributed by atoms with Crippen molar-refractivity contribution in [1.29, 1.82) is 0 Å². The molecule has 1 aromatic carbocycles. The van der Waals surface area contributed by atoms with Gasteiger partial charge in [-0.25, -0.2) is 4.39 Å². The first-order valence-electron chi connectivity index (χ1n) is 7.39. The molecule has 0 spiro atoms. The number of likely N-dealkylation sites (tertiary alicyclic amines) is 1. The lowest BCUT2D eigenvalue weighted by Gasteiger charge is -2.44. The molecule has 1 heterocycles. The van der Waals surface area contributed by atoms with E-state index in [1.165, 1.54) is 18.9 Å². The van der Waals surface area contributed by atoms with Gasteiger partial charge >= 0.3 is 0 Å². The van der Waals surface area contributed by atoms with Crippen LogP contribution in [0.4, 0.5) is 4.39 Å². The van der Waals surface area contributed by atoms with E-state index in [4.69, 9.17) is 11.6 Å². The SMILES string of the molecule is CNCC1CCCN(C(C)C)C1c1cc(F)cc(Cl)c1. The molecule has 0 aromatic heterocycles. The summed E-state index contributed by atoms with van der Waals surface area (Å²) in [5, 5.41) is 3.76. The van der Waals surface area contributed by atoms with Crippen LogP contribution in [-0.4, -0.2) is 31.1 Å². The molecule has 4 heteroatoms. The van der Waals surface area contributed by atoms with Gasteiger partial charge in [0.2, 0.25) is 0 Å². The number of nitrogens with zero attached hydrogens (tertiary/aromatic N) is 1. The van der Waals surface area contributed by atoms with Crippen molar-refractivity contribution in [2.75, 3.05) is 20.1 Å². The van der Waals surface area contributed by atoms with Crippen LogP contribution in [0.3, 0.4) is 0 Å². The maximum atomic E-state index is 13.7. The summed E-state index contributed by atoms with van der Waals surface area (Å²) in [5.74, 6) is 0.249. The van der Waals surface area contributed by atoms with Crippen molar-refractivity contribution in [3.05, 3.63) is 34.6 Å². The van der Waals surface area contributed by atoms with Crippen LogP contribution in [-0.2, 0) is 0 Å². The van der Waals surface area contributed by atoms with Crippen molar-refractivity contribution in [2.24, 2.45) is 5.92 Å². The smallest absolute Gasteiger partial charge is 0.125 e. The van der Waals surface area contributed by atoms with Crippen LogP contribution in [0.5, 0.6) is 0 Å². The van der Waals surface area contributed by atoms with Gasteiger partial charge in [-0.05, 0) is 76.5 Å². The Labute approximate surface area is 126 Å². The number of hydrogen-bond donors (Lipinski definition) is 1. The van der Waals surface area contributed by atoms with E-state index in [-0.39, 0.29) is 11.9 Å². The Balaban J connectivity index is 2.37. The Kier molecular flexibility index (Phi) is 5.42. The van der Waals surface area contributed by atoms with Crippen LogP contribution in [0, 0.1) is 11.7 Å². The van der Waals surface area contributed by atoms with Crippen LogP contribution in [0.15, 0.2) is 18.2 Å². The third kappa shape index (κ3) is 3.51. The Morgan fingerprint density at radius 1 is 1.40 bits per heavy atom. The fourth-order valence-electron chi connectivity index (χ4n) is 3.37. The largest absolute Gasteiger partial charge is 0.319 e. The highest BCUT2D eigenvalue weighted by Crippen LogP contribution is 2.38. The van der Waals surface area contributed by atoms with Crippen molar-refractivity contribution in [3.63, 3.8) is 0 Å². The van der Waals surface area contributed by atoms with Crippen LogP contribution in [0.1, 0.15) is 38.3 Å². The lowest BCUT2D eigenvalue weighted by atomic mass is 9.83. The topological polar surface area (TPSA) is 15.3 Å². The Hall–Kier alpha value is -0.640. The van der Waals surface area contributed by atoms with Gasteiger partial charge in [0, 0.05) is 17.1 Å². The van der Waals surface area contributed by atoms with E-state index in [1.807, 2.05) is 13.1 Å². The number of piperidine rings is 1. The van der Waals surface area contributed by atoms with Crippen molar-refractivity contribution in [3.8, 4) is 0 Å². The van der Waals surface area contributed by atoms with Crippen LogP contribution < -0.4 is 5.32 Å². The van der Waals surface area contributed by atoms with Crippen LogP contribution >= 0.6 is 11.6 Å². The molecule has 2 unspecified atom stereocenters. The van der Waals surface area contributed by atoms with E-state index in [0.717, 1.165) is 18.7 Å². The van der Waals surface area contributed by atoms with E-state index in [0.29, 0.717) is 17.0 Å². The summed E-state index contributed by atoms with van der Waals surface area (Å²) in [7, 11) is 1.98. The minimum absolute atomic E-state index is 0.240. The van der Waals surface area contributed by atoms with Crippen molar-refractivity contribution >= 4 is 11.6 Å². The van der Waals surface area contributed by atoms with Gasteiger partial charge in [0.05, 0.1) is 0 Å². The predicted octanol–water partition coefficient (Wildman–Crippen LogP) is 3.86. The summed E-state index contributed by atoms with van der Waals surface area (Å²) in [6.07, 6.45) is 2.37. The maximum absolute atomic E-state index is 13.7. The summed E-state index contributed by atoms with van der Waals surface area (Å²) in [6.45, 7) is 6.42. The van der Waals surface area contributed by atoms with E-state index < -0.39 is 0 Å². The Bertz CT molecular complexity index is 428. The molecule has 112 valence electrons. The Morgan fingerprint density at radius 2 is 2.15 bits per heavy atom. The zero-order valence-corrected chi connectivity index (χ0v) is 13.3. The monoisotopic (exact) mass is 298 g/mol. The van der Waals surface area contributed by atoms with Crippen molar-refractivity contribution < 1.29 is 4.39 Å². The minimum Gasteiger partial charge on any atom is -0.319 e. The zero-order valence-electron chi connectivity index (χ0n) is 12.5.